The number of ether oxygens (including phenoxy) is 1. The van der Waals surface area contributed by atoms with Crippen molar-refractivity contribution in [3.63, 3.8) is 0 Å². The molecule has 8 heteroatoms. The van der Waals surface area contributed by atoms with Gasteiger partial charge in [-0.3, -0.25) is 14.5 Å². The molecule has 1 N–H and O–H groups in total. The first-order chi connectivity index (χ1) is 15.8. The molecule has 4 aromatic rings. The van der Waals surface area contributed by atoms with Gasteiger partial charge in [-0.15, -0.1) is 0 Å². The molecule has 0 aliphatic carbocycles. The number of hydrogen-bond acceptors (Lipinski definition) is 4. The van der Waals surface area contributed by atoms with Crippen molar-refractivity contribution in [2.45, 2.75) is 20.4 Å². The number of carbonyl (C=O) groups excluding carboxylic acids is 1. The summed E-state index contributed by atoms with van der Waals surface area (Å²) < 4.78 is 34.6. The third kappa shape index (κ3) is 4.90. The normalized spacial score (nSPS) is 10.8. The first-order valence-electron chi connectivity index (χ1n) is 10.3. The second-order valence-electron chi connectivity index (χ2n) is 7.64. The second-order valence-corrected chi connectivity index (χ2v) is 7.64. The molecule has 0 saturated carbocycles. The molecule has 33 heavy (non-hydrogen) atoms. The zero-order valence-electron chi connectivity index (χ0n) is 18.4. The second kappa shape index (κ2) is 9.20. The highest BCUT2D eigenvalue weighted by molar-refractivity contribution is 5.96. The minimum Gasteiger partial charge on any atom is -0.457 e. The fraction of sp³-hybridized carbons (Fsp3) is 0.160. The van der Waals surface area contributed by atoms with Gasteiger partial charge < -0.3 is 10.1 Å². The summed E-state index contributed by atoms with van der Waals surface area (Å²) in [5.74, 6) is -0.671. The number of rotatable bonds is 6. The number of aryl methyl sites for hydroxylation is 1. The lowest BCUT2D eigenvalue weighted by Crippen LogP contribution is -2.23. The Morgan fingerprint density at radius 2 is 1.85 bits per heavy atom. The maximum atomic E-state index is 13.4. The fourth-order valence-electron chi connectivity index (χ4n) is 3.46. The van der Waals surface area contributed by atoms with Gasteiger partial charge in [-0.05, 0) is 49.7 Å². The Kier molecular flexibility index (Phi) is 6.17. The minimum atomic E-state index is -0.691. The molecule has 2 aromatic heterocycles. The summed E-state index contributed by atoms with van der Waals surface area (Å²) in [7, 11) is 1.86. The zero-order chi connectivity index (χ0) is 23.5. The number of carbonyl (C=O) groups is 1. The Hall–Kier alpha value is -4.07. The number of aromatic nitrogens is 3. The quantitative estimate of drug-likeness (QED) is 0.446. The summed E-state index contributed by atoms with van der Waals surface area (Å²) in [6, 6.07) is 11.9. The smallest absolute Gasteiger partial charge is 0.251 e. The van der Waals surface area contributed by atoms with Crippen molar-refractivity contribution in [3.05, 3.63) is 94.9 Å². The van der Waals surface area contributed by atoms with Gasteiger partial charge in [-0.2, -0.15) is 5.10 Å². The molecule has 0 spiro atoms. The van der Waals surface area contributed by atoms with Crippen molar-refractivity contribution in [1.82, 2.24) is 20.1 Å². The van der Waals surface area contributed by atoms with E-state index in [-0.39, 0.29) is 12.5 Å². The van der Waals surface area contributed by atoms with E-state index in [2.05, 4.69) is 15.4 Å². The minimum absolute atomic E-state index is 0.00375. The summed E-state index contributed by atoms with van der Waals surface area (Å²) in [6.07, 6.45) is 3.41. The largest absolute Gasteiger partial charge is 0.457 e. The number of halogens is 2. The van der Waals surface area contributed by atoms with Crippen LogP contribution in [0, 0.1) is 25.5 Å². The lowest BCUT2D eigenvalue weighted by Gasteiger charge is -2.13. The van der Waals surface area contributed by atoms with E-state index in [4.69, 9.17) is 4.74 Å². The Morgan fingerprint density at radius 1 is 1.09 bits per heavy atom. The topological polar surface area (TPSA) is 69.0 Å². The van der Waals surface area contributed by atoms with Gasteiger partial charge in [0.2, 0.25) is 0 Å². The Balaban J connectivity index is 1.52. The molecule has 0 radical (unpaired) electrons. The third-order valence-corrected chi connectivity index (χ3v) is 5.37. The molecule has 0 saturated heterocycles. The molecule has 1 amide bonds. The molecule has 0 fully saturated rings. The lowest BCUT2D eigenvalue weighted by atomic mass is 10.1. The van der Waals surface area contributed by atoms with Gasteiger partial charge in [0.05, 0.1) is 11.9 Å². The number of pyridine rings is 1. The van der Waals surface area contributed by atoms with Crippen molar-refractivity contribution < 1.29 is 18.3 Å². The van der Waals surface area contributed by atoms with E-state index in [1.165, 1.54) is 12.1 Å². The first kappa shape index (κ1) is 22.1. The molecule has 0 aliphatic rings. The predicted octanol–water partition coefficient (Wildman–Crippen LogP) is 5.10. The van der Waals surface area contributed by atoms with E-state index in [9.17, 15) is 13.6 Å². The van der Waals surface area contributed by atoms with Crippen LogP contribution < -0.4 is 10.1 Å². The van der Waals surface area contributed by atoms with Crippen LogP contribution in [-0.4, -0.2) is 20.7 Å². The van der Waals surface area contributed by atoms with E-state index in [0.717, 1.165) is 23.0 Å². The molecule has 168 valence electrons. The van der Waals surface area contributed by atoms with Gasteiger partial charge in [0.15, 0.2) is 0 Å². The summed E-state index contributed by atoms with van der Waals surface area (Å²) in [5.41, 5.74) is 3.99. The van der Waals surface area contributed by atoms with Crippen LogP contribution in [-0.2, 0) is 13.6 Å². The third-order valence-electron chi connectivity index (χ3n) is 5.37. The highest BCUT2D eigenvalue weighted by atomic mass is 19.1. The monoisotopic (exact) mass is 448 g/mol. The van der Waals surface area contributed by atoms with Gasteiger partial charge >= 0.3 is 0 Å². The highest BCUT2D eigenvalue weighted by Crippen LogP contribution is 2.30. The molecular formula is C25H22F2N4O2. The fourth-order valence-corrected chi connectivity index (χ4v) is 3.46. The van der Waals surface area contributed by atoms with E-state index < -0.39 is 11.6 Å². The van der Waals surface area contributed by atoms with Crippen LogP contribution in [0.25, 0.3) is 11.3 Å². The van der Waals surface area contributed by atoms with Crippen molar-refractivity contribution in [2.24, 2.45) is 7.05 Å². The Morgan fingerprint density at radius 3 is 2.55 bits per heavy atom. The molecule has 0 atom stereocenters. The van der Waals surface area contributed by atoms with Gasteiger partial charge in [-0.1, -0.05) is 6.07 Å². The SMILES string of the molecule is Cc1c(Oc2ccnc(-c3cnn(C)c3C)c2)cccc1C(=O)NCc1cc(F)cc(F)c1. The molecule has 0 unspecified atom stereocenters. The molecular weight excluding hydrogens is 426 g/mol. The maximum absolute atomic E-state index is 13.4. The van der Waals surface area contributed by atoms with Gasteiger partial charge in [0, 0.05) is 54.3 Å². The predicted molar refractivity (Wildman–Crippen MR) is 120 cm³/mol. The number of amides is 1. The van der Waals surface area contributed by atoms with Crippen molar-refractivity contribution in [3.8, 4) is 22.8 Å². The van der Waals surface area contributed by atoms with Crippen LogP contribution in [0.3, 0.4) is 0 Å². The first-order valence-corrected chi connectivity index (χ1v) is 10.3. The van der Waals surface area contributed by atoms with Crippen LogP contribution >= 0.6 is 0 Å². The molecule has 6 nitrogen and oxygen atoms in total. The van der Waals surface area contributed by atoms with Crippen molar-refractivity contribution in [2.75, 3.05) is 0 Å². The van der Waals surface area contributed by atoms with Gasteiger partial charge in [-0.25, -0.2) is 8.78 Å². The van der Waals surface area contributed by atoms with E-state index in [1.54, 1.807) is 48.3 Å². The molecule has 2 heterocycles. The Bertz CT molecular complexity index is 1310. The van der Waals surface area contributed by atoms with Crippen molar-refractivity contribution >= 4 is 5.91 Å². The van der Waals surface area contributed by atoms with Crippen LogP contribution in [0.4, 0.5) is 8.78 Å². The number of nitrogens with one attached hydrogen (secondary N) is 1. The summed E-state index contributed by atoms with van der Waals surface area (Å²) >= 11 is 0. The molecule has 0 bridgehead atoms. The maximum Gasteiger partial charge on any atom is 0.251 e. The molecule has 2 aromatic carbocycles. The van der Waals surface area contributed by atoms with Crippen LogP contribution in [0.5, 0.6) is 11.5 Å². The van der Waals surface area contributed by atoms with Crippen LogP contribution in [0.1, 0.15) is 27.2 Å². The Labute approximate surface area is 189 Å². The van der Waals surface area contributed by atoms with Crippen LogP contribution in [0.2, 0.25) is 0 Å². The highest BCUT2D eigenvalue weighted by Gasteiger charge is 2.14. The summed E-state index contributed by atoms with van der Waals surface area (Å²) in [6.45, 7) is 3.73. The summed E-state index contributed by atoms with van der Waals surface area (Å²) in [5, 5.41) is 6.94. The summed E-state index contributed by atoms with van der Waals surface area (Å²) in [4.78, 5) is 17.1. The molecule has 4 rings (SSSR count). The van der Waals surface area contributed by atoms with E-state index in [0.29, 0.717) is 28.2 Å². The number of hydrogen-bond donors (Lipinski definition) is 1. The molecule has 0 aliphatic heterocycles. The van der Waals surface area contributed by atoms with Gasteiger partial charge in [0.1, 0.15) is 23.1 Å². The van der Waals surface area contributed by atoms with Crippen LogP contribution in [0.15, 0.2) is 60.9 Å². The average Bonchev–Trinajstić information content (AvgIpc) is 3.11. The number of nitrogens with zero attached hydrogens (tertiary/aromatic N) is 3. The average molecular weight is 448 g/mol. The van der Waals surface area contributed by atoms with E-state index >= 15 is 0 Å². The van der Waals surface area contributed by atoms with Crippen molar-refractivity contribution in [1.29, 1.82) is 0 Å². The van der Waals surface area contributed by atoms with Gasteiger partial charge in [0.25, 0.3) is 5.91 Å². The lowest BCUT2D eigenvalue weighted by molar-refractivity contribution is 0.0950. The number of benzene rings is 2. The zero-order valence-corrected chi connectivity index (χ0v) is 18.4. The van der Waals surface area contributed by atoms with E-state index in [1.807, 2.05) is 20.0 Å². The standard InChI is InChI=1S/C25H22F2N4O2/c1-15-21(25(32)29-13-17-9-18(26)11-19(27)10-17)5-4-6-24(15)33-20-7-8-28-23(12-20)22-14-30-31(3)16(22)2/h4-12,14H,13H2,1-3H3,(H,29,32).